The average Bonchev–Trinajstić information content (AvgIpc) is 3.08. The molecule has 0 unspecified atom stereocenters. The van der Waals surface area contributed by atoms with Crippen LogP contribution in [0.3, 0.4) is 0 Å². The normalized spacial score (nSPS) is 17.0. The number of hydrogen-bond acceptors (Lipinski definition) is 4. The number of benzene rings is 1. The topological polar surface area (TPSA) is 92.2 Å². The van der Waals surface area contributed by atoms with Crippen molar-refractivity contribution in [3.63, 3.8) is 0 Å². The molecule has 1 aromatic carbocycles. The van der Waals surface area contributed by atoms with E-state index in [1.807, 2.05) is 12.1 Å². The van der Waals surface area contributed by atoms with E-state index >= 15 is 0 Å². The van der Waals surface area contributed by atoms with Crippen molar-refractivity contribution in [1.29, 1.82) is 0 Å². The van der Waals surface area contributed by atoms with E-state index in [1.165, 1.54) is 0 Å². The third-order valence-electron chi connectivity index (χ3n) is 4.07. The first kappa shape index (κ1) is 14.2. The Morgan fingerprint density at radius 3 is 2.76 bits per heavy atom. The number of nitrogens with one attached hydrogen (secondary N) is 1. The van der Waals surface area contributed by atoms with Crippen molar-refractivity contribution in [3.05, 3.63) is 18.2 Å². The Morgan fingerprint density at radius 2 is 2.05 bits per heavy atom. The van der Waals surface area contributed by atoms with Gasteiger partial charge >= 0.3 is 127 Å². The zero-order valence-corrected chi connectivity index (χ0v) is 13.0. The summed E-state index contributed by atoms with van der Waals surface area (Å²) in [6, 6.07) is 5.45. The second-order valence-electron chi connectivity index (χ2n) is 5.46. The van der Waals surface area contributed by atoms with E-state index < -0.39 is 11.4 Å². The fraction of sp³-hybridized carbons (Fsp3) is 0.429. The van der Waals surface area contributed by atoms with Crippen LogP contribution in [0, 0.1) is 5.41 Å². The molecule has 1 heterocycles. The first-order valence-electron chi connectivity index (χ1n) is 6.85. The van der Waals surface area contributed by atoms with Gasteiger partial charge in [0.2, 0.25) is 0 Å². The van der Waals surface area contributed by atoms with E-state index in [2.05, 4.69) is 13.3 Å². The number of aliphatic carboxylic acids is 1. The second-order valence-corrected chi connectivity index (χ2v) is 6.56. The van der Waals surface area contributed by atoms with Gasteiger partial charge < -0.3 is 0 Å². The Bertz CT molecular complexity index is 692. The van der Waals surface area contributed by atoms with Crippen LogP contribution in [0.5, 0.6) is 0 Å². The number of carbonyl (C=O) groups excluding carboxylic acids is 1. The molecule has 0 atom stereocenters. The summed E-state index contributed by atoms with van der Waals surface area (Å²) in [5.41, 5.74) is 1.23. The first-order valence-corrected chi connectivity index (χ1v) is 8.38. The summed E-state index contributed by atoms with van der Waals surface area (Å²) >= 11 is -0.156. The van der Waals surface area contributed by atoms with Crippen LogP contribution in [-0.4, -0.2) is 39.9 Å². The third kappa shape index (κ3) is 2.71. The van der Waals surface area contributed by atoms with Crippen LogP contribution in [-0.2, 0) is 9.59 Å². The molecular weight excluding hydrogens is 337 g/mol. The predicted octanol–water partition coefficient (Wildman–Crippen LogP) is 1.66. The first-order chi connectivity index (χ1) is 10.1. The summed E-state index contributed by atoms with van der Waals surface area (Å²) in [5, 5.41) is 12.2. The zero-order valence-electron chi connectivity index (χ0n) is 11.3. The summed E-state index contributed by atoms with van der Waals surface area (Å²) in [6.45, 7) is 0. The summed E-state index contributed by atoms with van der Waals surface area (Å²) in [7, 11) is 0. The summed E-state index contributed by atoms with van der Waals surface area (Å²) in [4.78, 5) is 23.7. The predicted molar refractivity (Wildman–Crippen MR) is 78.3 cm³/mol. The standard InChI is InChI=1S/C14H15N3O3Se/c18-11(8-14(13(19)20)6-1-2-7-14)15-9-4-3-5-10-12(9)17-21-16-10/h3-5H,1-2,6-8H2,(H,15,18)(H,19,20). The fourth-order valence-electron chi connectivity index (χ4n) is 2.93. The molecule has 21 heavy (non-hydrogen) atoms. The number of nitrogens with zero attached hydrogens (tertiary/aromatic N) is 2. The van der Waals surface area contributed by atoms with Crippen LogP contribution < -0.4 is 5.32 Å². The molecule has 0 radical (unpaired) electrons. The minimum atomic E-state index is -0.895. The molecule has 0 bridgehead atoms. The minimum absolute atomic E-state index is 0.0221. The average molecular weight is 352 g/mol. The molecule has 2 N–H and O–H groups in total. The molecule has 1 aliphatic rings. The van der Waals surface area contributed by atoms with Gasteiger partial charge in [0.05, 0.1) is 0 Å². The molecule has 6 nitrogen and oxygen atoms in total. The monoisotopic (exact) mass is 353 g/mol. The van der Waals surface area contributed by atoms with Crippen molar-refractivity contribution < 1.29 is 14.7 Å². The zero-order chi connectivity index (χ0) is 14.9. The molecule has 1 aromatic heterocycles. The summed E-state index contributed by atoms with van der Waals surface area (Å²) in [6.07, 6.45) is 2.92. The molecule has 2 aromatic rings. The van der Waals surface area contributed by atoms with Crippen molar-refractivity contribution in [2.75, 3.05) is 5.32 Å². The second kappa shape index (κ2) is 5.58. The molecule has 1 amide bonds. The molecule has 1 fully saturated rings. The third-order valence-corrected chi connectivity index (χ3v) is 5.21. The van der Waals surface area contributed by atoms with Gasteiger partial charge in [-0.3, -0.25) is 0 Å². The van der Waals surface area contributed by atoms with Crippen LogP contribution in [0.25, 0.3) is 11.0 Å². The van der Waals surface area contributed by atoms with E-state index in [1.54, 1.807) is 6.07 Å². The molecule has 1 saturated carbocycles. The van der Waals surface area contributed by atoms with Crippen LogP contribution in [0.4, 0.5) is 5.69 Å². The maximum absolute atomic E-state index is 12.2. The summed E-state index contributed by atoms with van der Waals surface area (Å²) < 4.78 is 8.56. The van der Waals surface area contributed by atoms with Gasteiger partial charge in [0.1, 0.15) is 0 Å². The Kier molecular flexibility index (Phi) is 3.78. The van der Waals surface area contributed by atoms with Gasteiger partial charge in [0.25, 0.3) is 0 Å². The molecule has 110 valence electrons. The number of anilines is 1. The van der Waals surface area contributed by atoms with Gasteiger partial charge in [-0.15, -0.1) is 0 Å². The van der Waals surface area contributed by atoms with Gasteiger partial charge in [-0.25, -0.2) is 0 Å². The number of hydrogen-bond donors (Lipinski definition) is 2. The van der Waals surface area contributed by atoms with Gasteiger partial charge in [0.15, 0.2) is 0 Å². The van der Waals surface area contributed by atoms with Gasteiger partial charge in [-0.05, 0) is 0 Å². The van der Waals surface area contributed by atoms with Crippen LogP contribution in [0.15, 0.2) is 18.2 Å². The van der Waals surface area contributed by atoms with Crippen molar-refractivity contribution in [3.8, 4) is 0 Å². The van der Waals surface area contributed by atoms with E-state index in [0.717, 1.165) is 18.4 Å². The van der Waals surface area contributed by atoms with Crippen LogP contribution in [0.2, 0.25) is 0 Å². The van der Waals surface area contributed by atoms with Crippen LogP contribution >= 0.6 is 0 Å². The SMILES string of the molecule is O=C(CC1(C(=O)O)CCCC1)Nc1cccc2n[se]nc12. The maximum atomic E-state index is 12.2. The van der Waals surface area contributed by atoms with Crippen molar-refractivity contribution in [2.45, 2.75) is 32.1 Å². The van der Waals surface area contributed by atoms with Crippen molar-refractivity contribution in [1.82, 2.24) is 7.96 Å². The van der Waals surface area contributed by atoms with Gasteiger partial charge in [-0.2, -0.15) is 0 Å². The van der Waals surface area contributed by atoms with Crippen molar-refractivity contribution >= 4 is 43.6 Å². The molecule has 0 spiro atoms. The molecule has 1 aliphatic carbocycles. The van der Waals surface area contributed by atoms with Gasteiger partial charge in [-0.1, -0.05) is 0 Å². The van der Waals surface area contributed by atoms with E-state index in [9.17, 15) is 14.7 Å². The Labute approximate surface area is 127 Å². The van der Waals surface area contributed by atoms with E-state index in [4.69, 9.17) is 0 Å². The quantitative estimate of drug-likeness (QED) is 0.817. The number of amides is 1. The number of carbonyl (C=O) groups is 2. The number of carboxylic acid groups (broad SMARTS) is 1. The Hall–Kier alpha value is -1.72. The molecule has 0 saturated heterocycles. The van der Waals surface area contributed by atoms with Gasteiger partial charge in [0, 0.05) is 0 Å². The van der Waals surface area contributed by atoms with Crippen molar-refractivity contribution in [2.24, 2.45) is 5.41 Å². The molecule has 3 rings (SSSR count). The number of aromatic nitrogens is 2. The Morgan fingerprint density at radius 1 is 1.29 bits per heavy atom. The van der Waals surface area contributed by atoms with E-state index in [0.29, 0.717) is 24.0 Å². The fourth-order valence-corrected chi connectivity index (χ4v) is 4.08. The van der Waals surface area contributed by atoms with Crippen LogP contribution in [0.1, 0.15) is 32.1 Å². The molecule has 0 aliphatic heterocycles. The Balaban J connectivity index is 1.77. The van der Waals surface area contributed by atoms with E-state index in [-0.39, 0.29) is 27.3 Å². The number of rotatable bonds is 4. The molecular formula is C14H15N3O3Se. The number of fused-ring (bicyclic) bond motifs is 1. The number of carboxylic acids is 1. The summed E-state index contributed by atoms with van der Waals surface area (Å²) in [5.74, 6) is -1.13. The molecule has 7 heteroatoms.